The van der Waals surface area contributed by atoms with Gasteiger partial charge in [0.1, 0.15) is 17.0 Å². The molecule has 24 heavy (non-hydrogen) atoms. The smallest absolute Gasteiger partial charge is 0.407 e. The molecule has 0 aromatic heterocycles. The number of hydrogen-bond donors (Lipinski definition) is 2. The van der Waals surface area contributed by atoms with Gasteiger partial charge in [0.25, 0.3) is 0 Å². The fraction of sp³-hybridized carbons (Fsp3) is 0.632. The molecule has 0 saturated heterocycles. The zero-order valence-electron chi connectivity index (χ0n) is 15.2. The van der Waals surface area contributed by atoms with Crippen LogP contribution in [0.5, 0.6) is 5.75 Å². The second-order valence-corrected chi connectivity index (χ2v) is 8.42. The zero-order chi connectivity index (χ0) is 17.5. The van der Waals surface area contributed by atoms with E-state index in [0.717, 1.165) is 25.1 Å². The highest BCUT2D eigenvalue weighted by molar-refractivity contribution is 5.68. The van der Waals surface area contributed by atoms with E-state index in [1.54, 1.807) is 0 Å². The number of amides is 1. The molecule has 5 heteroatoms. The predicted molar refractivity (Wildman–Crippen MR) is 93.3 cm³/mol. The van der Waals surface area contributed by atoms with Crippen LogP contribution in [-0.4, -0.2) is 29.4 Å². The molecule has 132 valence electrons. The summed E-state index contributed by atoms with van der Waals surface area (Å²) in [6.07, 6.45) is 1.53. The van der Waals surface area contributed by atoms with Crippen molar-refractivity contribution in [3.63, 3.8) is 0 Å². The fourth-order valence-corrected chi connectivity index (χ4v) is 3.10. The van der Waals surface area contributed by atoms with Crippen LogP contribution in [-0.2, 0) is 17.7 Å². The van der Waals surface area contributed by atoms with Gasteiger partial charge in [-0.25, -0.2) is 4.79 Å². The van der Waals surface area contributed by atoms with Gasteiger partial charge in [-0.15, -0.1) is 0 Å². The van der Waals surface area contributed by atoms with E-state index in [1.807, 2.05) is 20.8 Å². The largest absolute Gasteiger partial charge is 0.487 e. The Morgan fingerprint density at radius 2 is 2.08 bits per heavy atom. The first-order chi connectivity index (χ1) is 11.1. The van der Waals surface area contributed by atoms with Crippen LogP contribution in [0.3, 0.4) is 0 Å². The second kappa shape index (κ2) is 5.96. The van der Waals surface area contributed by atoms with E-state index >= 15 is 0 Å². The third-order valence-corrected chi connectivity index (χ3v) is 4.22. The third kappa shape index (κ3) is 4.20. The maximum Gasteiger partial charge on any atom is 0.407 e. The van der Waals surface area contributed by atoms with Gasteiger partial charge in [0.15, 0.2) is 0 Å². The highest BCUT2D eigenvalue weighted by Gasteiger charge is 2.39. The Morgan fingerprint density at radius 3 is 2.79 bits per heavy atom. The van der Waals surface area contributed by atoms with E-state index in [9.17, 15) is 4.79 Å². The summed E-state index contributed by atoms with van der Waals surface area (Å²) < 4.78 is 11.4. The Balaban J connectivity index is 1.49. The minimum Gasteiger partial charge on any atom is -0.487 e. The van der Waals surface area contributed by atoms with E-state index in [0.29, 0.717) is 6.04 Å². The molecule has 0 radical (unpaired) electrons. The molecule has 2 atom stereocenters. The molecule has 5 nitrogen and oxygen atoms in total. The highest BCUT2D eigenvalue weighted by atomic mass is 16.6. The molecule has 1 aliphatic carbocycles. The van der Waals surface area contributed by atoms with E-state index in [4.69, 9.17) is 9.47 Å². The summed E-state index contributed by atoms with van der Waals surface area (Å²) >= 11 is 0. The molecule has 1 aromatic carbocycles. The quantitative estimate of drug-likeness (QED) is 0.889. The molecule has 1 aromatic rings. The topological polar surface area (TPSA) is 59.6 Å². The summed E-state index contributed by atoms with van der Waals surface area (Å²) in [5.41, 5.74) is 1.87. The van der Waals surface area contributed by atoms with Gasteiger partial charge in [-0.2, -0.15) is 0 Å². The third-order valence-electron chi connectivity index (χ3n) is 4.22. The lowest BCUT2D eigenvalue weighted by Crippen LogP contribution is -2.36. The molecular formula is C19H28N2O3. The number of fused-ring (bicyclic) bond motifs is 1. The van der Waals surface area contributed by atoms with Crippen molar-refractivity contribution in [3.8, 4) is 5.75 Å². The average Bonchev–Trinajstić information content (AvgIpc) is 3.05. The van der Waals surface area contributed by atoms with Gasteiger partial charge in [0, 0.05) is 30.6 Å². The maximum absolute atomic E-state index is 11.8. The molecule has 0 spiro atoms. The summed E-state index contributed by atoms with van der Waals surface area (Å²) in [7, 11) is 0. The number of ether oxygens (including phenoxy) is 2. The number of carbonyl (C=O) groups excluding carboxylic acids is 1. The fourth-order valence-electron chi connectivity index (χ4n) is 3.10. The van der Waals surface area contributed by atoms with Gasteiger partial charge < -0.3 is 20.1 Å². The van der Waals surface area contributed by atoms with Crippen molar-refractivity contribution in [1.29, 1.82) is 0 Å². The molecule has 2 aliphatic rings. The molecule has 1 amide bonds. The van der Waals surface area contributed by atoms with Gasteiger partial charge in [0.05, 0.1) is 0 Å². The monoisotopic (exact) mass is 332 g/mol. The summed E-state index contributed by atoms with van der Waals surface area (Å²) in [4.78, 5) is 11.8. The number of rotatable bonds is 4. The lowest BCUT2D eigenvalue weighted by molar-refractivity contribution is 0.0522. The van der Waals surface area contributed by atoms with Crippen molar-refractivity contribution in [2.24, 2.45) is 0 Å². The SMILES string of the molecule is CC(C)(C)OC(=O)NC1CC1NCc1cccc2c1OC(C)(C)C2. The molecule has 0 bridgehead atoms. The minimum absolute atomic E-state index is 0.126. The Kier molecular flexibility index (Phi) is 4.24. The molecule has 1 saturated carbocycles. The number of para-hydroxylation sites is 1. The summed E-state index contributed by atoms with van der Waals surface area (Å²) in [6, 6.07) is 6.77. The predicted octanol–water partition coefficient (Wildman–Crippen LogP) is 3.16. The Morgan fingerprint density at radius 1 is 1.33 bits per heavy atom. The summed E-state index contributed by atoms with van der Waals surface area (Å²) in [5, 5.41) is 6.41. The Bertz CT molecular complexity index is 634. The van der Waals surface area contributed by atoms with Crippen LogP contribution in [0.25, 0.3) is 0 Å². The van der Waals surface area contributed by atoms with Crippen molar-refractivity contribution in [2.45, 2.75) is 77.3 Å². The molecule has 1 fully saturated rings. The molecule has 1 heterocycles. The van der Waals surface area contributed by atoms with E-state index < -0.39 is 5.60 Å². The maximum atomic E-state index is 11.8. The van der Waals surface area contributed by atoms with E-state index in [2.05, 4.69) is 42.7 Å². The van der Waals surface area contributed by atoms with Gasteiger partial charge in [-0.05, 0) is 46.6 Å². The zero-order valence-corrected chi connectivity index (χ0v) is 15.2. The first kappa shape index (κ1) is 17.1. The van der Waals surface area contributed by atoms with Gasteiger partial charge in [-0.3, -0.25) is 0 Å². The van der Waals surface area contributed by atoms with Crippen molar-refractivity contribution in [2.75, 3.05) is 0 Å². The Labute approximate surface area is 144 Å². The number of benzene rings is 1. The molecule has 2 unspecified atom stereocenters. The molecular weight excluding hydrogens is 304 g/mol. The first-order valence-corrected chi connectivity index (χ1v) is 8.66. The molecule has 1 aliphatic heterocycles. The normalized spacial score (nSPS) is 24.0. The van der Waals surface area contributed by atoms with Crippen LogP contribution in [0, 0.1) is 0 Å². The van der Waals surface area contributed by atoms with Gasteiger partial charge in [-0.1, -0.05) is 18.2 Å². The van der Waals surface area contributed by atoms with Crippen LogP contribution >= 0.6 is 0 Å². The van der Waals surface area contributed by atoms with E-state index in [-0.39, 0.29) is 17.7 Å². The summed E-state index contributed by atoms with van der Waals surface area (Å²) in [6.45, 7) is 10.6. The average molecular weight is 332 g/mol. The summed E-state index contributed by atoms with van der Waals surface area (Å²) in [5.74, 6) is 1.02. The van der Waals surface area contributed by atoms with Crippen molar-refractivity contribution >= 4 is 6.09 Å². The first-order valence-electron chi connectivity index (χ1n) is 8.66. The second-order valence-electron chi connectivity index (χ2n) is 8.42. The lowest BCUT2D eigenvalue weighted by Gasteiger charge is -2.20. The highest BCUT2D eigenvalue weighted by Crippen LogP contribution is 2.37. The van der Waals surface area contributed by atoms with Crippen molar-refractivity contribution < 1.29 is 14.3 Å². The number of nitrogens with one attached hydrogen (secondary N) is 2. The standard InChI is InChI=1S/C19H28N2O3/c1-18(2,3)24-17(22)21-15-9-14(15)20-11-13-8-6-7-12-10-19(4,5)23-16(12)13/h6-8,14-15,20H,9-11H2,1-5H3,(H,21,22). The van der Waals surface area contributed by atoms with E-state index in [1.165, 1.54) is 11.1 Å². The minimum atomic E-state index is -0.462. The lowest BCUT2D eigenvalue weighted by atomic mass is 10.0. The van der Waals surface area contributed by atoms with Crippen molar-refractivity contribution in [3.05, 3.63) is 29.3 Å². The van der Waals surface area contributed by atoms with Crippen LogP contribution < -0.4 is 15.4 Å². The molecule has 3 rings (SSSR count). The number of hydrogen-bond acceptors (Lipinski definition) is 4. The molecule has 2 N–H and O–H groups in total. The Hall–Kier alpha value is -1.75. The number of carbonyl (C=O) groups is 1. The van der Waals surface area contributed by atoms with Crippen LogP contribution in [0.15, 0.2) is 18.2 Å². The van der Waals surface area contributed by atoms with Crippen LogP contribution in [0.2, 0.25) is 0 Å². The van der Waals surface area contributed by atoms with Crippen molar-refractivity contribution in [1.82, 2.24) is 10.6 Å². The van der Waals surface area contributed by atoms with Gasteiger partial charge in [0.2, 0.25) is 0 Å². The van der Waals surface area contributed by atoms with Crippen LogP contribution in [0.1, 0.15) is 52.2 Å². The van der Waals surface area contributed by atoms with Crippen LogP contribution in [0.4, 0.5) is 4.79 Å². The number of alkyl carbamates (subject to hydrolysis) is 1. The van der Waals surface area contributed by atoms with Gasteiger partial charge >= 0.3 is 6.09 Å².